The lowest BCUT2D eigenvalue weighted by Gasteiger charge is -2.22. The van der Waals surface area contributed by atoms with Crippen LogP contribution < -0.4 is 4.74 Å². The zero-order chi connectivity index (χ0) is 15.4. The zero-order valence-electron chi connectivity index (χ0n) is 12.3. The summed E-state index contributed by atoms with van der Waals surface area (Å²) in [6, 6.07) is 8.48. The number of para-hydroxylation sites is 1. The monoisotopic (exact) mass is 321 g/mol. The SMILES string of the molecule is O[C@H]1CCN(Cc2ccsc2)CC[C@@H]1Oc1ccccc1F. The fourth-order valence-electron chi connectivity index (χ4n) is 2.75. The number of nitrogens with zero attached hydrogens (tertiary/aromatic N) is 1. The van der Waals surface area contributed by atoms with Gasteiger partial charge in [0.1, 0.15) is 6.10 Å². The molecule has 1 fully saturated rings. The first kappa shape index (κ1) is 15.5. The van der Waals surface area contributed by atoms with Crippen LogP contribution in [0, 0.1) is 5.82 Å². The van der Waals surface area contributed by atoms with Crippen molar-refractivity contribution in [3.8, 4) is 5.75 Å². The molecule has 3 nitrogen and oxygen atoms in total. The number of likely N-dealkylation sites (tertiary alicyclic amines) is 1. The van der Waals surface area contributed by atoms with Crippen molar-refractivity contribution in [2.24, 2.45) is 0 Å². The van der Waals surface area contributed by atoms with Crippen LogP contribution in [0.2, 0.25) is 0 Å². The van der Waals surface area contributed by atoms with Crippen LogP contribution in [0.5, 0.6) is 5.75 Å². The van der Waals surface area contributed by atoms with E-state index in [0.717, 1.165) is 19.6 Å². The normalized spacial score (nSPS) is 23.2. The van der Waals surface area contributed by atoms with E-state index in [4.69, 9.17) is 4.74 Å². The van der Waals surface area contributed by atoms with Gasteiger partial charge in [-0.2, -0.15) is 11.3 Å². The van der Waals surface area contributed by atoms with Gasteiger partial charge in [-0.3, -0.25) is 4.90 Å². The fourth-order valence-corrected chi connectivity index (χ4v) is 3.41. The second kappa shape index (κ2) is 7.22. The Morgan fingerprint density at radius 3 is 2.82 bits per heavy atom. The van der Waals surface area contributed by atoms with E-state index in [2.05, 4.69) is 21.7 Å². The summed E-state index contributed by atoms with van der Waals surface area (Å²) >= 11 is 1.70. The van der Waals surface area contributed by atoms with Crippen LogP contribution in [0.1, 0.15) is 18.4 Å². The van der Waals surface area contributed by atoms with Crippen molar-refractivity contribution in [2.45, 2.75) is 31.6 Å². The van der Waals surface area contributed by atoms with Gasteiger partial charge in [-0.25, -0.2) is 4.39 Å². The molecular weight excluding hydrogens is 301 g/mol. The Labute approximate surface area is 134 Å². The third-order valence-corrected chi connectivity index (χ3v) is 4.73. The molecule has 0 spiro atoms. The molecule has 22 heavy (non-hydrogen) atoms. The van der Waals surface area contributed by atoms with E-state index < -0.39 is 6.10 Å². The molecule has 1 aliphatic rings. The minimum atomic E-state index is -0.563. The lowest BCUT2D eigenvalue weighted by molar-refractivity contribution is 0.0328. The standard InChI is InChI=1S/C17H20FNO2S/c18-14-3-1-2-4-16(14)21-17-6-9-19(8-5-15(17)20)11-13-7-10-22-12-13/h1-4,7,10,12,15,17,20H,5-6,8-9,11H2/t15-,17-/m0/s1. The summed E-state index contributed by atoms with van der Waals surface area (Å²) in [5, 5.41) is 14.5. The average Bonchev–Trinajstić information content (AvgIpc) is 2.96. The maximum Gasteiger partial charge on any atom is 0.165 e. The third-order valence-electron chi connectivity index (χ3n) is 4.00. The Bertz CT molecular complexity index is 590. The minimum Gasteiger partial charge on any atom is -0.485 e. The summed E-state index contributed by atoms with van der Waals surface area (Å²) in [6.07, 6.45) is 0.416. The molecule has 0 saturated carbocycles. The van der Waals surface area contributed by atoms with Crippen LogP contribution in [-0.4, -0.2) is 35.3 Å². The highest BCUT2D eigenvalue weighted by atomic mass is 32.1. The van der Waals surface area contributed by atoms with Crippen LogP contribution in [0.15, 0.2) is 41.1 Å². The summed E-state index contributed by atoms with van der Waals surface area (Å²) in [6.45, 7) is 2.56. The molecule has 1 aromatic heterocycles. The molecule has 118 valence electrons. The molecule has 1 aromatic carbocycles. The summed E-state index contributed by atoms with van der Waals surface area (Å²) in [7, 11) is 0. The maximum absolute atomic E-state index is 13.7. The van der Waals surface area contributed by atoms with Gasteiger partial charge in [-0.15, -0.1) is 0 Å². The number of halogens is 1. The van der Waals surface area contributed by atoms with E-state index in [0.29, 0.717) is 12.8 Å². The van der Waals surface area contributed by atoms with Gasteiger partial charge in [0.2, 0.25) is 0 Å². The molecule has 0 aliphatic carbocycles. The van der Waals surface area contributed by atoms with Gasteiger partial charge < -0.3 is 9.84 Å². The molecule has 2 aromatic rings. The highest BCUT2D eigenvalue weighted by molar-refractivity contribution is 7.07. The van der Waals surface area contributed by atoms with Gasteiger partial charge in [0.15, 0.2) is 11.6 Å². The fraction of sp³-hybridized carbons (Fsp3) is 0.412. The first-order valence-corrected chi connectivity index (χ1v) is 8.49. The smallest absolute Gasteiger partial charge is 0.165 e. The maximum atomic E-state index is 13.7. The largest absolute Gasteiger partial charge is 0.485 e. The number of aliphatic hydroxyl groups excluding tert-OH is 1. The van der Waals surface area contributed by atoms with Crippen molar-refractivity contribution in [3.63, 3.8) is 0 Å². The van der Waals surface area contributed by atoms with Gasteiger partial charge in [0, 0.05) is 19.6 Å². The Morgan fingerprint density at radius 1 is 1.23 bits per heavy atom. The van der Waals surface area contributed by atoms with Crippen molar-refractivity contribution in [3.05, 3.63) is 52.5 Å². The number of aliphatic hydroxyl groups is 1. The van der Waals surface area contributed by atoms with Gasteiger partial charge in [0.05, 0.1) is 6.10 Å². The van der Waals surface area contributed by atoms with Crippen LogP contribution in [-0.2, 0) is 6.54 Å². The van der Waals surface area contributed by atoms with E-state index in [1.807, 2.05) is 0 Å². The first-order chi connectivity index (χ1) is 10.7. The average molecular weight is 321 g/mol. The highest BCUT2D eigenvalue weighted by Crippen LogP contribution is 2.23. The van der Waals surface area contributed by atoms with Crippen LogP contribution >= 0.6 is 11.3 Å². The lowest BCUT2D eigenvalue weighted by atomic mass is 10.1. The molecule has 1 aliphatic heterocycles. The molecule has 2 heterocycles. The Kier molecular flexibility index (Phi) is 5.08. The van der Waals surface area contributed by atoms with E-state index in [9.17, 15) is 9.50 Å². The molecule has 0 amide bonds. The summed E-state index contributed by atoms with van der Waals surface area (Å²) in [5.41, 5.74) is 1.30. The lowest BCUT2D eigenvalue weighted by Crippen LogP contribution is -2.31. The predicted octanol–water partition coefficient (Wildman–Crippen LogP) is 3.29. The number of thiophene rings is 1. The molecule has 1 saturated heterocycles. The number of rotatable bonds is 4. The van der Waals surface area contributed by atoms with Crippen molar-refractivity contribution >= 4 is 11.3 Å². The Hall–Kier alpha value is -1.43. The molecule has 2 atom stereocenters. The Balaban J connectivity index is 1.61. The molecule has 0 bridgehead atoms. The van der Waals surface area contributed by atoms with E-state index in [1.54, 1.807) is 29.5 Å². The van der Waals surface area contributed by atoms with Crippen LogP contribution in [0.3, 0.4) is 0 Å². The number of ether oxygens (including phenoxy) is 1. The van der Waals surface area contributed by atoms with Gasteiger partial charge in [-0.1, -0.05) is 12.1 Å². The topological polar surface area (TPSA) is 32.7 Å². The molecule has 1 N–H and O–H groups in total. The van der Waals surface area contributed by atoms with Crippen molar-refractivity contribution in [2.75, 3.05) is 13.1 Å². The molecular formula is C17H20FNO2S. The molecule has 5 heteroatoms. The zero-order valence-corrected chi connectivity index (χ0v) is 13.1. The van der Waals surface area contributed by atoms with Gasteiger partial charge in [0.25, 0.3) is 0 Å². The summed E-state index contributed by atoms with van der Waals surface area (Å²) in [5.74, 6) is -0.160. The predicted molar refractivity (Wildman–Crippen MR) is 85.7 cm³/mol. The number of benzene rings is 1. The second-order valence-electron chi connectivity index (χ2n) is 5.64. The molecule has 3 rings (SSSR count). The first-order valence-electron chi connectivity index (χ1n) is 7.55. The number of hydrogen-bond donors (Lipinski definition) is 1. The Morgan fingerprint density at radius 2 is 2.05 bits per heavy atom. The van der Waals surface area contributed by atoms with Crippen LogP contribution in [0.4, 0.5) is 4.39 Å². The van der Waals surface area contributed by atoms with Crippen molar-refractivity contribution in [1.82, 2.24) is 4.90 Å². The quantitative estimate of drug-likeness (QED) is 0.938. The minimum absolute atomic E-state index is 0.220. The van der Waals surface area contributed by atoms with E-state index >= 15 is 0 Å². The highest BCUT2D eigenvalue weighted by Gasteiger charge is 2.27. The van der Waals surface area contributed by atoms with Gasteiger partial charge in [-0.05, 0) is 47.4 Å². The van der Waals surface area contributed by atoms with Crippen molar-refractivity contribution < 1.29 is 14.2 Å². The molecule has 0 radical (unpaired) electrons. The van der Waals surface area contributed by atoms with E-state index in [1.165, 1.54) is 11.6 Å². The number of hydrogen-bond acceptors (Lipinski definition) is 4. The van der Waals surface area contributed by atoms with E-state index in [-0.39, 0.29) is 17.7 Å². The van der Waals surface area contributed by atoms with Gasteiger partial charge >= 0.3 is 0 Å². The summed E-state index contributed by atoms with van der Waals surface area (Å²) < 4.78 is 19.4. The summed E-state index contributed by atoms with van der Waals surface area (Å²) in [4.78, 5) is 2.32. The second-order valence-corrected chi connectivity index (χ2v) is 6.42. The third kappa shape index (κ3) is 3.85. The molecule has 0 unspecified atom stereocenters. The van der Waals surface area contributed by atoms with Crippen LogP contribution in [0.25, 0.3) is 0 Å². The van der Waals surface area contributed by atoms with Crippen molar-refractivity contribution in [1.29, 1.82) is 0 Å².